The van der Waals surface area contributed by atoms with Gasteiger partial charge in [0.15, 0.2) is 11.6 Å². The van der Waals surface area contributed by atoms with E-state index in [9.17, 15) is 0 Å². The normalized spacial score (nSPS) is 16.7. The van der Waals surface area contributed by atoms with Gasteiger partial charge in [0.1, 0.15) is 12.0 Å². The third-order valence-electron chi connectivity index (χ3n) is 3.28. The van der Waals surface area contributed by atoms with Crippen LogP contribution < -0.4 is 16.1 Å². The van der Waals surface area contributed by atoms with Gasteiger partial charge in [0.25, 0.3) is 0 Å². The molecule has 0 aliphatic carbocycles. The Hall–Kier alpha value is -1.64. The molecule has 0 amide bonds. The molecular weight excluding hydrogens is 258 g/mol. The predicted molar refractivity (Wildman–Crippen MR) is 79.5 cm³/mol. The molecule has 112 valence electrons. The number of β-amino-alcohol motifs (C(OH)–C–C–N with tert-alkyl or cyclic N) is 1. The number of aliphatic hydroxyl groups is 1. The number of aromatic nitrogens is 2. The van der Waals surface area contributed by atoms with E-state index in [0.29, 0.717) is 11.5 Å². The number of hydrazine groups is 1. The van der Waals surface area contributed by atoms with Crippen molar-refractivity contribution in [2.45, 2.75) is 0 Å². The standard InChI is InChI=1S/C12H23N7O/c1-17(2)16-11-10(13)12(15-9-14-11)19-5-3-18(4-6-19)7-8-20/h9,20H,3-8,13H2,1-2H3,(H,14,15,16). The first-order valence-corrected chi connectivity index (χ1v) is 6.74. The Bertz CT molecular complexity index is 432. The number of rotatable bonds is 5. The second kappa shape index (κ2) is 6.69. The van der Waals surface area contributed by atoms with Gasteiger partial charge in [-0.1, -0.05) is 0 Å². The third-order valence-corrected chi connectivity index (χ3v) is 3.28. The number of anilines is 3. The molecule has 0 bridgehead atoms. The van der Waals surface area contributed by atoms with Crippen LogP contribution in [0.25, 0.3) is 0 Å². The molecule has 0 spiro atoms. The van der Waals surface area contributed by atoms with Crippen molar-refractivity contribution in [1.82, 2.24) is 19.9 Å². The van der Waals surface area contributed by atoms with Gasteiger partial charge in [-0.3, -0.25) is 4.90 Å². The van der Waals surface area contributed by atoms with Crippen LogP contribution in [0.3, 0.4) is 0 Å². The van der Waals surface area contributed by atoms with E-state index in [4.69, 9.17) is 10.8 Å². The van der Waals surface area contributed by atoms with Gasteiger partial charge in [-0.2, -0.15) is 0 Å². The predicted octanol–water partition coefficient (Wildman–Crippen LogP) is -0.938. The Morgan fingerprint density at radius 3 is 2.60 bits per heavy atom. The molecule has 2 heterocycles. The minimum absolute atomic E-state index is 0.201. The lowest BCUT2D eigenvalue weighted by atomic mass is 10.3. The molecule has 1 aromatic rings. The maximum atomic E-state index is 8.96. The van der Waals surface area contributed by atoms with Crippen LogP contribution >= 0.6 is 0 Å². The lowest BCUT2D eigenvalue weighted by Crippen LogP contribution is -2.47. The molecule has 8 nitrogen and oxygen atoms in total. The molecule has 1 aliphatic rings. The molecule has 1 fully saturated rings. The minimum atomic E-state index is 0.201. The van der Waals surface area contributed by atoms with Gasteiger partial charge >= 0.3 is 0 Å². The molecule has 0 radical (unpaired) electrons. The number of hydrogen-bond acceptors (Lipinski definition) is 8. The number of piperazine rings is 1. The Morgan fingerprint density at radius 2 is 2.00 bits per heavy atom. The zero-order valence-corrected chi connectivity index (χ0v) is 12.1. The molecule has 2 rings (SSSR count). The average Bonchev–Trinajstić information content (AvgIpc) is 2.42. The molecule has 20 heavy (non-hydrogen) atoms. The molecule has 1 aromatic heterocycles. The fourth-order valence-electron chi connectivity index (χ4n) is 2.26. The summed E-state index contributed by atoms with van der Waals surface area (Å²) in [5.74, 6) is 1.39. The van der Waals surface area contributed by atoms with Crippen LogP contribution in [0.2, 0.25) is 0 Å². The highest BCUT2D eigenvalue weighted by atomic mass is 16.3. The highest BCUT2D eigenvalue weighted by Gasteiger charge is 2.20. The van der Waals surface area contributed by atoms with Crippen molar-refractivity contribution in [3.05, 3.63) is 6.33 Å². The van der Waals surface area contributed by atoms with Crippen LogP contribution in [0.1, 0.15) is 0 Å². The maximum Gasteiger partial charge on any atom is 0.169 e. The van der Waals surface area contributed by atoms with Crippen LogP contribution in [-0.4, -0.2) is 78.4 Å². The monoisotopic (exact) mass is 281 g/mol. The van der Waals surface area contributed by atoms with Gasteiger partial charge in [0.05, 0.1) is 6.61 Å². The summed E-state index contributed by atoms with van der Waals surface area (Å²) in [4.78, 5) is 12.9. The summed E-state index contributed by atoms with van der Waals surface area (Å²) in [6, 6.07) is 0. The van der Waals surface area contributed by atoms with E-state index < -0.39 is 0 Å². The van der Waals surface area contributed by atoms with Crippen molar-refractivity contribution in [2.24, 2.45) is 0 Å². The molecular formula is C12H23N7O. The van der Waals surface area contributed by atoms with E-state index >= 15 is 0 Å². The number of nitrogens with one attached hydrogen (secondary N) is 1. The fraction of sp³-hybridized carbons (Fsp3) is 0.667. The van der Waals surface area contributed by atoms with E-state index in [2.05, 4.69) is 25.2 Å². The number of hydrogen-bond donors (Lipinski definition) is 3. The maximum absolute atomic E-state index is 8.96. The molecule has 1 aliphatic heterocycles. The number of nitrogens with two attached hydrogens (primary N) is 1. The number of nitrogens with zero attached hydrogens (tertiary/aromatic N) is 5. The second-order valence-electron chi connectivity index (χ2n) is 5.02. The van der Waals surface area contributed by atoms with E-state index in [1.165, 1.54) is 6.33 Å². The Morgan fingerprint density at radius 1 is 1.30 bits per heavy atom. The summed E-state index contributed by atoms with van der Waals surface area (Å²) < 4.78 is 0. The highest BCUT2D eigenvalue weighted by Crippen LogP contribution is 2.26. The SMILES string of the molecule is CN(C)Nc1ncnc(N2CCN(CCO)CC2)c1N. The first kappa shape index (κ1) is 14.8. The second-order valence-corrected chi connectivity index (χ2v) is 5.02. The third kappa shape index (κ3) is 3.47. The topological polar surface area (TPSA) is 93.8 Å². The van der Waals surface area contributed by atoms with Crippen LogP contribution in [0, 0.1) is 0 Å². The van der Waals surface area contributed by atoms with Crippen LogP contribution in [0.5, 0.6) is 0 Å². The van der Waals surface area contributed by atoms with Gasteiger partial charge in [-0.25, -0.2) is 15.0 Å². The Labute approximate surface area is 119 Å². The molecule has 4 N–H and O–H groups in total. The number of aliphatic hydroxyl groups excluding tert-OH is 1. The summed E-state index contributed by atoms with van der Waals surface area (Å²) in [6.07, 6.45) is 1.53. The molecule has 0 unspecified atom stereocenters. The van der Waals surface area contributed by atoms with Crippen LogP contribution in [0.4, 0.5) is 17.3 Å². The zero-order valence-electron chi connectivity index (χ0n) is 12.1. The van der Waals surface area contributed by atoms with Crippen molar-refractivity contribution in [3.63, 3.8) is 0 Å². The fourth-order valence-corrected chi connectivity index (χ4v) is 2.26. The van der Waals surface area contributed by atoms with Crippen molar-refractivity contribution >= 4 is 17.3 Å². The van der Waals surface area contributed by atoms with Gasteiger partial charge < -0.3 is 21.2 Å². The molecule has 0 saturated carbocycles. The van der Waals surface area contributed by atoms with Crippen molar-refractivity contribution in [1.29, 1.82) is 0 Å². The summed E-state index contributed by atoms with van der Waals surface area (Å²) in [7, 11) is 3.77. The quantitative estimate of drug-likeness (QED) is 0.596. The van der Waals surface area contributed by atoms with Crippen LogP contribution in [-0.2, 0) is 0 Å². The minimum Gasteiger partial charge on any atom is -0.395 e. The first-order chi connectivity index (χ1) is 9.61. The van der Waals surface area contributed by atoms with Crippen molar-refractivity contribution < 1.29 is 5.11 Å². The summed E-state index contributed by atoms with van der Waals surface area (Å²) in [5.41, 5.74) is 9.78. The largest absolute Gasteiger partial charge is 0.395 e. The van der Waals surface area contributed by atoms with E-state index in [1.54, 1.807) is 5.01 Å². The molecule has 8 heteroatoms. The van der Waals surface area contributed by atoms with E-state index in [-0.39, 0.29) is 6.61 Å². The molecule has 0 aromatic carbocycles. The zero-order chi connectivity index (χ0) is 14.5. The smallest absolute Gasteiger partial charge is 0.169 e. The first-order valence-electron chi connectivity index (χ1n) is 6.74. The van der Waals surface area contributed by atoms with Gasteiger partial charge in [0, 0.05) is 46.8 Å². The van der Waals surface area contributed by atoms with Gasteiger partial charge in [-0.05, 0) is 0 Å². The van der Waals surface area contributed by atoms with E-state index in [0.717, 1.165) is 38.5 Å². The van der Waals surface area contributed by atoms with Crippen LogP contribution in [0.15, 0.2) is 6.33 Å². The average molecular weight is 281 g/mol. The van der Waals surface area contributed by atoms with Gasteiger partial charge in [-0.15, -0.1) is 0 Å². The lowest BCUT2D eigenvalue weighted by Gasteiger charge is -2.35. The summed E-state index contributed by atoms with van der Waals surface area (Å²) in [6.45, 7) is 4.43. The molecule has 0 atom stereocenters. The highest BCUT2D eigenvalue weighted by molar-refractivity contribution is 5.74. The molecule has 1 saturated heterocycles. The van der Waals surface area contributed by atoms with Crippen molar-refractivity contribution in [2.75, 3.05) is 69.5 Å². The van der Waals surface area contributed by atoms with Crippen molar-refractivity contribution in [3.8, 4) is 0 Å². The summed E-state index contributed by atoms with van der Waals surface area (Å²) in [5, 5.41) is 10.8. The Kier molecular flexibility index (Phi) is 4.94. The van der Waals surface area contributed by atoms with Gasteiger partial charge in [0.2, 0.25) is 0 Å². The van der Waals surface area contributed by atoms with E-state index in [1.807, 2.05) is 14.1 Å². The summed E-state index contributed by atoms with van der Waals surface area (Å²) >= 11 is 0. The number of nitrogen functional groups attached to an aromatic ring is 1. The lowest BCUT2D eigenvalue weighted by molar-refractivity contribution is 0.188. The Balaban J connectivity index is 2.06.